The third-order valence-corrected chi connectivity index (χ3v) is 6.04. The van der Waals surface area contributed by atoms with Gasteiger partial charge in [0.1, 0.15) is 17.4 Å². The van der Waals surface area contributed by atoms with Crippen LogP contribution in [0.15, 0.2) is 48.8 Å². The van der Waals surface area contributed by atoms with E-state index in [0.29, 0.717) is 18.7 Å². The minimum atomic E-state index is -0.829. The highest BCUT2D eigenvalue weighted by Gasteiger charge is 2.50. The molecule has 1 fully saturated rings. The van der Waals surface area contributed by atoms with Gasteiger partial charge >= 0.3 is 6.09 Å². The highest BCUT2D eigenvalue weighted by Crippen LogP contribution is 2.44. The molecule has 1 aromatic carbocycles. The number of pyridine rings is 1. The second-order valence-electron chi connectivity index (χ2n) is 8.71. The number of hydrogen-bond donors (Lipinski definition) is 1. The van der Waals surface area contributed by atoms with E-state index in [2.05, 4.69) is 10.3 Å². The van der Waals surface area contributed by atoms with Crippen molar-refractivity contribution < 1.29 is 19.1 Å². The number of alkyl carbamates (subject to hydrolysis) is 1. The number of likely N-dealkylation sites (tertiary alicyclic amines) is 1. The van der Waals surface area contributed by atoms with Gasteiger partial charge in [-0.15, -0.1) is 0 Å². The number of aromatic nitrogens is 1. The Labute approximate surface area is 182 Å². The van der Waals surface area contributed by atoms with Crippen LogP contribution in [0.3, 0.4) is 0 Å². The van der Waals surface area contributed by atoms with Crippen molar-refractivity contribution >= 4 is 12.0 Å². The summed E-state index contributed by atoms with van der Waals surface area (Å²) in [4.78, 5) is 31.8. The van der Waals surface area contributed by atoms with Gasteiger partial charge in [0.15, 0.2) is 6.10 Å². The zero-order valence-electron chi connectivity index (χ0n) is 18.2. The summed E-state index contributed by atoms with van der Waals surface area (Å²) in [5.41, 5.74) is 0.922. The molecule has 7 heteroatoms. The maximum atomic E-state index is 12.9. The Kier molecular flexibility index (Phi) is 5.85. The van der Waals surface area contributed by atoms with Crippen molar-refractivity contribution in [2.45, 2.75) is 63.8 Å². The van der Waals surface area contributed by atoms with Crippen LogP contribution in [0.5, 0.6) is 5.75 Å². The first-order valence-corrected chi connectivity index (χ1v) is 10.8. The molecule has 0 unspecified atom stereocenters. The second-order valence-corrected chi connectivity index (χ2v) is 8.71. The van der Waals surface area contributed by atoms with Gasteiger partial charge in [0, 0.05) is 30.9 Å². The van der Waals surface area contributed by atoms with E-state index in [-0.39, 0.29) is 11.9 Å². The first-order chi connectivity index (χ1) is 14.9. The van der Waals surface area contributed by atoms with Gasteiger partial charge in [-0.3, -0.25) is 9.78 Å². The number of nitrogens with one attached hydrogen (secondary N) is 1. The lowest BCUT2D eigenvalue weighted by molar-refractivity contribution is -0.147. The Balaban J connectivity index is 1.61. The van der Waals surface area contributed by atoms with E-state index in [0.717, 1.165) is 24.0 Å². The van der Waals surface area contributed by atoms with Crippen LogP contribution in [0.25, 0.3) is 0 Å². The molecule has 2 aliphatic rings. The molecule has 31 heavy (non-hydrogen) atoms. The molecule has 3 heterocycles. The molecular weight excluding hydrogens is 394 g/mol. The molecule has 1 saturated heterocycles. The number of rotatable bonds is 4. The van der Waals surface area contributed by atoms with Crippen molar-refractivity contribution in [1.29, 1.82) is 0 Å². The van der Waals surface area contributed by atoms with Crippen molar-refractivity contribution in [3.8, 4) is 5.75 Å². The summed E-state index contributed by atoms with van der Waals surface area (Å²) in [7, 11) is 0. The van der Waals surface area contributed by atoms with Crippen LogP contribution < -0.4 is 10.1 Å². The summed E-state index contributed by atoms with van der Waals surface area (Å²) in [6, 6.07) is 10.8. The Hall–Kier alpha value is -3.09. The second kappa shape index (κ2) is 8.57. The normalized spacial score (nSPS) is 23.3. The molecule has 7 nitrogen and oxygen atoms in total. The number of piperidine rings is 1. The van der Waals surface area contributed by atoms with Crippen LogP contribution in [0.2, 0.25) is 0 Å². The number of carbonyl (C=O) groups excluding carboxylic acids is 2. The standard InChI is InChI=1S/C24H29N3O4/c1-16(17-9-5-4-6-10-17)26-23(29)30-22-21(27-14-8-7-11-20(27)28)18-15-25-13-12-19(18)31-24(22,2)3/h4-6,9-10,12-13,15-16,21-22H,7-8,11,14H2,1-3H3,(H,26,29)/t16-,21+,22-/m0/s1. The predicted octanol–water partition coefficient (Wildman–Crippen LogP) is 4.16. The van der Waals surface area contributed by atoms with Gasteiger partial charge < -0.3 is 19.7 Å². The van der Waals surface area contributed by atoms with Crippen molar-refractivity contribution in [2.75, 3.05) is 6.54 Å². The van der Waals surface area contributed by atoms with E-state index in [9.17, 15) is 9.59 Å². The van der Waals surface area contributed by atoms with Gasteiger partial charge in [0.25, 0.3) is 0 Å². The zero-order valence-corrected chi connectivity index (χ0v) is 18.2. The Morgan fingerprint density at radius 1 is 1.26 bits per heavy atom. The van der Waals surface area contributed by atoms with Crippen LogP contribution in [0.1, 0.15) is 63.2 Å². The molecule has 0 saturated carbocycles. The molecule has 0 radical (unpaired) electrons. The molecule has 164 valence electrons. The number of ether oxygens (including phenoxy) is 2. The van der Waals surface area contributed by atoms with E-state index in [1.165, 1.54) is 0 Å². The Morgan fingerprint density at radius 3 is 2.77 bits per heavy atom. The number of benzene rings is 1. The number of nitrogens with zero attached hydrogens (tertiary/aromatic N) is 2. The van der Waals surface area contributed by atoms with E-state index < -0.39 is 23.8 Å². The Bertz CT molecular complexity index is 947. The van der Waals surface area contributed by atoms with Crippen LogP contribution in [0.4, 0.5) is 4.79 Å². The lowest BCUT2D eigenvalue weighted by atomic mass is 9.85. The van der Waals surface area contributed by atoms with Crippen molar-refractivity contribution in [3.05, 3.63) is 59.9 Å². The van der Waals surface area contributed by atoms with Crippen molar-refractivity contribution in [2.24, 2.45) is 0 Å². The van der Waals surface area contributed by atoms with Crippen molar-refractivity contribution in [3.63, 3.8) is 0 Å². The van der Waals surface area contributed by atoms with Gasteiger partial charge in [0.05, 0.1) is 6.04 Å². The van der Waals surface area contributed by atoms with Crippen molar-refractivity contribution in [1.82, 2.24) is 15.2 Å². The molecule has 2 aromatic rings. The van der Waals surface area contributed by atoms with Gasteiger partial charge in [-0.1, -0.05) is 30.3 Å². The third kappa shape index (κ3) is 4.36. The summed E-state index contributed by atoms with van der Waals surface area (Å²) in [5, 5.41) is 2.90. The first kappa shape index (κ1) is 21.2. The summed E-state index contributed by atoms with van der Waals surface area (Å²) >= 11 is 0. The number of fused-ring (bicyclic) bond motifs is 1. The van der Waals surface area contributed by atoms with Gasteiger partial charge in [-0.2, -0.15) is 0 Å². The van der Waals surface area contributed by atoms with Crippen LogP contribution in [-0.2, 0) is 9.53 Å². The highest BCUT2D eigenvalue weighted by molar-refractivity contribution is 5.78. The fraction of sp³-hybridized carbons (Fsp3) is 0.458. The monoisotopic (exact) mass is 423 g/mol. The number of amides is 2. The minimum absolute atomic E-state index is 0.0652. The Morgan fingerprint density at radius 2 is 2.03 bits per heavy atom. The topological polar surface area (TPSA) is 80.8 Å². The van der Waals surface area contributed by atoms with Crippen LogP contribution >= 0.6 is 0 Å². The first-order valence-electron chi connectivity index (χ1n) is 10.8. The fourth-order valence-electron chi connectivity index (χ4n) is 4.40. The van der Waals surface area contributed by atoms with Crippen LogP contribution in [-0.4, -0.2) is 40.1 Å². The molecule has 1 aromatic heterocycles. The van der Waals surface area contributed by atoms with Gasteiger partial charge in [-0.05, 0) is 45.2 Å². The molecule has 0 bridgehead atoms. The lowest BCUT2D eigenvalue weighted by Crippen LogP contribution is -2.57. The molecule has 3 atom stereocenters. The number of hydrogen-bond acceptors (Lipinski definition) is 5. The molecular formula is C24H29N3O4. The molecule has 2 amide bonds. The molecule has 1 N–H and O–H groups in total. The molecule has 2 aliphatic heterocycles. The van der Waals surface area contributed by atoms with Crippen LogP contribution in [0, 0.1) is 0 Å². The minimum Gasteiger partial charge on any atom is -0.483 e. The average molecular weight is 424 g/mol. The predicted molar refractivity (Wildman–Crippen MR) is 116 cm³/mol. The smallest absolute Gasteiger partial charge is 0.408 e. The molecule has 0 spiro atoms. The molecule has 0 aliphatic carbocycles. The van der Waals surface area contributed by atoms with Gasteiger partial charge in [0.2, 0.25) is 5.91 Å². The summed E-state index contributed by atoms with van der Waals surface area (Å²) in [6.07, 6.45) is 4.44. The summed E-state index contributed by atoms with van der Waals surface area (Å²) in [5.74, 6) is 0.733. The maximum absolute atomic E-state index is 12.9. The quantitative estimate of drug-likeness (QED) is 0.799. The van der Waals surface area contributed by atoms with E-state index in [1.54, 1.807) is 18.5 Å². The summed E-state index contributed by atoms with van der Waals surface area (Å²) in [6.45, 7) is 6.30. The highest BCUT2D eigenvalue weighted by atomic mass is 16.6. The summed E-state index contributed by atoms with van der Waals surface area (Å²) < 4.78 is 12.2. The third-order valence-electron chi connectivity index (χ3n) is 6.04. The average Bonchev–Trinajstić information content (AvgIpc) is 2.75. The van der Waals surface area contributed by atoms with E-state index in [1.807, 2.05) is 56.0 Å². The van der Waals surface area contributed by atoms with E-state index >= 15 is 0 Å². The zero-order chi connectivity index (χ0) is 22.0. The molecule has 4 rings (SSSR count). The fourth-order valence-corrected chi connectivity index (χ4v) is 4.40. The van der Waals surface area contributed by atoms with Gasteiger partial charge in [-0.25, -0.2) is 4.79 Å². The maximum Gasteiger partial charge on any atom is 0.408 e. The number of carbonyl (C=O) groups is 2. The largest absolute Gasteiger partial charge is 0.483 e. The SMILES string of the molecule is C[C@H](NC(=O)O[C@H]1[C@H](N2CCCCC2=O)c2cnccc2OC1(C)C)c1ccccc1. The van der Waals surface area contributed by atoms with E-state index in [4.69, 9.17) is 9.47 Å². The lowest BCUT2D eigenvalue weighted by Gasteiger charge is -2.48.